The van der Waals surface area contributed by atoms with Gasteiger partial charge in [0.25, 0.3) is 5.91 Å². The molecule has 0 bridgehead atoms. The van der Waals surface area contributed by atoms with E-state index in [4.69, 9.17) is 16.3 Å². The van der Waals surface area contributed by atoms with Crippen molar-refractivity contribution in [3.8, 4) is 5.75 Å². The summed E-state index contributed by atoms with van der Waals surface area (Å²) in [5.74, 6) is 0.762. The third kappa shape index (κ3) is 4.34. The van der Waals surface area contributed by atoms with Crippen LogP contribution in [0.25, 0.3) is 0 Å². The normalized spacial score (nSPS) is 11.9. The van der Waals surface area contributed by atoms with E-state index >= 15 is 0 Å². The van der Waals surface area contributed by atoms with Crippen LogP contribution in [-0.2, 0) is 6.42 Å². The van der Waals surface area contributed by atoms with Gasteiger partial charge < -0.3 is 15.0 Å². The Hall–Kier alpha value is -1.91. The number of hydrogen-bond acceptors (Lipinski definition) is 3. The lowest BCUT2D eigenvalue weighted by molar-refractivity contribution is 0.0773. The second-order valence-corrected chi connectivity index (χ2v) is 6.01. The fraction of sp³-hybridized carbons (Fsp3) is 0.278. The lowest BCUT2D eigenvalue weighted by Crippen LogP contribution is -2.30. The number of nitrogens with one attached hydrogen (secondary N) is 1. The zero-order valence-electron chi connectivity index (χ0n) is 13.4. The van der Waals surface area contributed by atoms with Crippen LogP contribution in [-0.4, -0.2) is 37.6 Å². The van der Waals surface area contributed by atoms with Gasteiger partial charge in [0.1, 0.15) is 12.4 Å². The van der Waals surface area contributed by atoms with Gasteiger partial charge in [-0.1, -0.05) is 11.6 Å². The van der Waals surface area contributed by atoms with Crippen LogP contribution in [0.15, 0.2) is 42.5 Å². The molecule has 1 amide bonds. The van der Waals surface area contributed by atoms with Gasteiger partial charge in [-0.15, -0.1) is 12.4 Å². The second kappa shape index (κ2) is 8.27. The Balaban J connectivity index is 0.00000208. The lowest BCUT2D eigenvalue weighted by Gasteiger charge is -2.18. The molecule has 0 radical (unpaired) electrons. The number of ether oxygens (including phenoxy) is 1. The van der Waals surface area contributed by atoms with Gasteiger partial charge >= 0.3 is 0 Å². The van der Waals surface area contributed by atoms with Crippen molar-refractivity contribution in [2.24, 2.45) is 0 Å². The minimum Gasteiger partial charge on any atom is -0.492 e. The van der Waals surface area contributed by atoms with Gasteiger partial charge in [-0.25, -0.2) is 0 Å². The summed E-state index contributed by atoms with van der Waals surface area (Å²) < 4.78 is 5.63. The average Bonchev–Trinajstić information content (AvgIpc) is 3.03. The van der Waals surface area contributed by atoms with E-state index in [9.17, 15) is 4.79 Å². The number of halogens is 2. The maximum Gasteiger partial charge on any atom is 0.253 e. The van der Waals surface area contributed by atoms with E-state index in [1.165, 1.54) is 5.56 Å². The summed E-state index contributed by atoms with van der Waals surface area (Å²) in [4.78, 5) is 14.1. The molecule has 0 atom stereocenters. The van der Waals surface area contributed by atoms with Crippen molar-refractivity contribution >= 4 is 35.6 Å². The molecular formula is C18H20Cl2N2O2. The number of amides is 1. The summed E-state index contributed by atoms with van der Waals surface area (Å²) in [6.45, 7) is 1.91. The molecule has 1 heterocycles. The Kier molecular flexibility index (Phi) is 6.35. The number of likely N-dealkylation sites (N-methyl/N-ethyl adjacent to an activating group) is 1. The fourth-order valence-electron chi connectivity index (χ4n) is 2.59. The predicted molar refractivity (Wildman–Crippen MR) is 99.8 cm³/mol. The molecule has 0 spiro atoms. The molecular weight excluding hydrogens is 347 g/mol. The number of fused-ring (bicyclic) bond motifs is 1. The summed E-state index contributed by atoms with van der Waals surface area (Å²) in [5.41, 5.74) is 3.07. The SMILES string of the molecule is CN(CCOc1ccc(Cl)cc1)C(=O)c1ccc2c(c1)CCN2.Cl. The van der Waals surface area contributed by atoms with E-state index in [0.29, 0.717) is 18.2 Å². The van der Waals surface area contributed by atoms with Crippen molar-refractivity contribution in [3.63, 3.8) is 0 Å². The molecule has 1 aliphatic rings. The molecule has 0 saturated heterocycles. The monoisotopic (exact) mass is 366 g/mol. The van der Waals surface area contributed by atoms with Crippen LogP contribution in [0.3, 0.4) is 0 Å². The van der Waals surface area contributed by atoms with Gasteiger partial charge in [0.2, 0.25) is 0 Å². The van der Waals surface area contributed by atoms with Crippen LogP contribution in [0.5, 0.6) is 5.75 Å². The average molecular weight is 367 g/mol. The smallest absolute Gasteiger partial charge is 0.253 e. The first-order valence-corrected chi connectivity index (χ1v) is 8.02. The van der Waals surface area contributed by atoms with Gasteiger partial charge in [-0.3, -0.25) is 4.79 Å². The molecule has 3 rings (SSSR count). The van der Waals surface area contributed by atoms with Gasteiger partial charge in [0, 0.05) is 29.9 Å². The molecule has 2 aromatic carbocycles. The fourth-order valence-corrected chi connectivity index (χ4v) is 2.72. The molecule has 0 unspecified atom stereocenters. The van der Waals surface area contributed by atoms with Gasteiger partial charge in [-0.2, -0.15) is 0 Å². The van der Waals surface area contributed by atoms with E-state index in [-0.39, 0.29) is 18.3 Å². The Morgan fingerprint density at radius 2 is 2.00 bits per heavy atom. The molecule has 128 valence electrons. The highest BCUT2D eigenvalue weighted by molar-refractivity contribution is 6.30. The Morgan fingerprint density at radius 3 is 2.75 bits per heavy atom. The molecule has 0 aliphatic carbocycles. The molecule has 0 saturated carbocycles. The zero-order chi connectivity index (χ0) is 16.2. The second-order valence-electron chi connectivity index (χ2n) is 5.58. The summed E-state index contributed by atoms with van der Waals surface area (Å²) in [7, 11) is 1.79. The molecule has 0 aromatic heterocycles. The van der Waals surface area contributed by atoms with Crippen LogP contribution >= 0.6 is 24.0 Å². The maximum atomic E-state index is 12.5. The molecule has 4 nitrogen and oxygen atoms in total. The Labute approximate surface area is 153 Å². The third-order valence-corrected chi connectivity index (χ3v) is 4.17. The van der Waals surface area contributed by atoms with Crippen molar-refractivity contribution in [3.05, 3.63) is 58.6 Å². The predicted octanol–water partition coefficient (Wildman–Crippen LogP) is 3.88. The number of benzene rings is 2. The van der Waals surface area contributed by atoms with Crippen LogP contribution in [0.2, 0.25) is 5.02 Å². The number of carbonyl (C=O) groups excluding carboxylic acids is 1. The number of carbonyl (C=O) groups is 1. The van der Waals surface area contributed by atoms with Gasteiger partial charge in [0.05, 0.1) is 6.54 Å². The number of hydrogen-bond donors (Lipinski definition) is 1. The highest BCUT2D eigenvalue weighted by Gasteiger charge is 2.16. The van der Waals surface area contributed by atoms with Gasteiger partial charge in [0.15, 0.2) is 0 Å². The first-order chi connectivity index (χ1) is 11.1. The third-order valence-electron chi connectivity index (χ3n) is 3.92. The molecule has 24 heavy (non-hydrogen) atoms. The molecule has 1 N–H and O–H groups in total. The van der Waals surface area contributed by atoms with E-state index in [1.807, 2.05) is 30.3 Å². The van der Waals surface area contributed by atoms with Crippen LogP contribution in [0.4, 0.5) is 5.69 Å². The first kappa shape index (κ1) is 18.4. The first-order valence-electron chi connectivity index (χ1n) is 7.64. The minimum atomic E-state index is 0. The van der Waals surface area contributed by atoms with E-state index in [2.05, 4.69) is 5.32 Å². The molecule has 2 aromatic rings. The maximum absolute atomic E-state index is 12.5. The summed E-state index contributed by atoms with van der Waals surface area (Å²) in [5, 5.41) is 3.97. The van der Waals surface area contributed by atoms with Crippen LogP contribution in [0.1, 0.15) is 15.9 Å². The summed E-state index contributed by atoms with van der Waals surface area (Å²) >= 11 is 5.83. The van der Waals surface area contributed by atoms with E-state index in [1.54, 1.807) is 24.1 Å². The highest BCUT2D eigenvalue weighted by Crippen LogP contribution is 2.23. The van der Waals surface area contributed by atoms with Crippen LogP contribution < -0.4 is 10.1 Å². The lowest BCUT2D eigenvalue weighted by atomic mass is 10.1. The van der Waals surface area contributed by atoms with E-state index in [0.717, 1.165) is 30.0 Å². The quantitative estimate of drug-likeness (QED) is 0.872. The van der Waals surface area contributed by atoms with Crippen molar-refractivity contribution in [1.82, 2.24) is 4.90 Å². The Bertz CT molecular complexity index is 705. The largest absolute Gasteiger partial charge is 0.492 e. The van der Waals surface area contributed by atoms with Crippen molar-refractivity contribution < 1.29 is 9.53 Å². The number of anilines is 1. The number of nitrogens with zero attached hydrogens (tertiary/aromatic N) is 1. The summed E-state index contributed by atoms with van der Waals surface area (Å²) in [6, 6.07) is 13.0. The zero-order valence-corrected chi connectivity index (χ0v) is 15.0. The van der Waals surface area contributed by atoms with Gasteiger partial charge in [-0.05, 0) is 54.4 Å². The number of rotatable bonds is 5. The molecule has 1 aliphatic heterocycles. The van der Waals surface area contributed by atoms with Crippen LogP contribution in [0, 0.1) is 0 Å². The van der Waals surface area contributed by atoms with Crippen molar-refractivity contribution in [2.45, 2.75) is 6.42 Å². The summed E-state index contributed by atoms with van der Waals surface area (Å²) in [6.07, 6.45) is 0.972. The molecule has 6 heteroatoms. The highest BCUT2D eigenvalue weighted by atomic mass is 35.5. The van der Waals surface area contributed by atoms with E-state index < -0.39 is 0 Å². The van der Waals surface area contributed by atoms with Crippen molar-refractivity contribution in [1.29, 1.82) is 0 Å². The minimum absolute atomic E-state index is 0. The standard InChI is InChI=1S/C18H19ClN2O2.ClH/c1-21(10-11-23-16-5-3-15(19)4-6-16)18(22)14-2-7-17-13(12-14)8-9-20-17;/h2-7,12,20H,8-11H2,1H3;1H. The topological polar surface area (TPSA) is 41.6 Å². The molecule has 0 fully saturated rings. The van der Waals surface area contributed by atoms with Crippen molar-refractivity contribution in [2.75, 3.05) is 32.1 Å². The Morgan fingerprint density at radius 1 is 1.25 bits per heavy atom.